The molecule has 22 heavy (non-hydrogen) atoms. The topological polar surface area (TPSA) is 55.6 Å². The highest BCUT2D eigenvalue weighted by Crippen LogP contribution is 2.30. The van der Waals surface area contributed by atoms with Crippen molar-refractivity contribution in [3.63, 3.8) is 0 Å². The Morgan fingerprint density at radius 3 is 2.50 bits per heavy atom. The van der Waals surface area contributed by atoms with Gasteiger partial charge in [-0.15, -0.1) is 0 Å². The predicted octanol–water partition coefficient (Wildman–Crippen LogP) is 4.05. The molecule has 0 radical (unpaired) electrons. The summed E-state index contributed by atoms with van der Waals surface area (Å²) in [5.41, 5.74) is 1.44. The molecular formula is C16H28N2O3Si. The molecule has 1 aromatic carbocycles. The third-order valence-electron chi connectivity index (χ3n) is 4.70. The molecule has 124 valence electrons. The van der Waals surface area contributed by atoms with Crippen LogP contribution in [0, 0.1) is 10.1 Å². The summed E-state index contributed by atoms with van der Waals surface area (Å²) in [5.74, 6) is 0. The number of nitro benzene ring substituents is 1. The zero-order valence-corrected chi connectivity index (χ0v) is 15.3. The van der Waals surface area contributed by atoms with Crippen LogP contribution < -0.4 is 0 Å². The van der Waals surface area contributed by atoms with Crippen LogP contribution in [0.4, 0.5) is 5.69 Å². The highest BCUT2D eigenvalue weighted by atomic mass is 28.3. The van der Waals surface area contributed by atoms with E-state index in [4.69, 9.17) is 4.74 Å². The van der Waals surface area contributed by atoms with Gasteiger partial charge < -0.3 is 9.30 Å². The Morgan fingerprint density at radius 2 is 1.95 bits per heavy atom. The van der Waals surface area contributed by atoms with E-state index in [0.717, 1.165) is 12.8 Å². The van der Waals surface area contributed by atoms with Crippen molar-refractivity contribution in [2.45, 2.75) is 45.0 Å². The maximum atomic E-state index is 11.0. The molecule has 0 aromatic heterocycles. The van der Waals surface area contributed by atoms with Crippen LogP contribution in [0.5, 0.6) is 0 Å². The van der Waals surface area contributed by atoms with Crippen LogP contribution in [0.3, 0.4) is 0 Å². The zero-order chi connectivity index (χ0) is 16.8. The molecule has 0 fully saturated rings. The van der Waals surface area contributed by atoms with Crippen LogP contribution in [0.2, 0.25) is 18.6 Å². The first kappa shape index (κ1) is 18.8. The van der Waals surface area contributed by atoms with Gasteiger partial charge in [-0.05, 0) is 32.1 Å². The monoisotopic (exact) mass is 324 g/mol. The van der Waals surface area contributed by atoms with E-state index in [-0.39, 0.29) is 10.6 Å². The van der Waals surface area contributed by atoms with E-state index in [9.17, 15) is 10.1 Å². The van der Waals surface area contributed by atoms with Gasteiger partial charge in [0.25, 0.3) is 5.69 Å². The van der Waals surface area contributed by atoms with E-state index in [0.29, 0.717) is 24.3 Å². The Morgan fingerprint density at radius 1 is 1.32 bits per heavy atom. The van der Waals surface area contributed by atoms with Crippen LogP contribution in [-0.4, -0.2) is 38.4 Å². The number of rotatable bonds is 9. The molecule has 0 amide bonds. The van der Waals surface area contributed by atoms with Gasteiger partial charge in [0.2, 0.25) is 0 Å². The molecule has 1 aromatic rings. The molecule has 0 aliphatic carbocycles. The zero-order valence-electron chi connectivity index (χ0n) is 14.3. The first-order chi connectivity index (χ1) is 10.3. The molecule has 0 bridgehead atoms. The smallest absolute Gasteiger partial charge is 0.274 e. The highest BCUT2D eigenvalue weighted by Gasteiger charge is 2.32. The average molecular weight is 324 g/mol. The Balaban J connectivity index is 2.53. The lowest BCUT2D eigenvalue weighted by Crippen LogP contribution is -2.47. The molecule has 1 rings (SSSR count). The molecule has 5 nitrogen and oxygen atoms in total. The van der Waals surface area contributed by atoms with E-state index in [1.165, 1.54) is 6.07 Å². The summed E-state index contributed by atoms with van der Waals surface area (Å²) in [7, 11) is 2.89. The summed E-state index contributed by atoms with van der Waals surface area (Å²) in [6.45, 7) is 7.93. The number of benzene rings is 1. The Bertz CT molecular complexity index is 492. The summed E-state index contributed by atoms with van der Waals surface area (Å²) in [4.78, 5) is 10.6. The summed E-state index contributed by atoms with van der Waals surface area (Å²) in [6.07, 6.45) is 2.15. The van der Waals surface area contributed by atoms with Gasteiger partial charge in [0, 0.05) is 12.7 Å². The fourth-order valence-corrected chi connectivity index (χ4v) is 5.19. The molecule has 0 spiro atoms. The van der Waals surface area contributed by atoms with Crippen LogP contribution in [0.25, 0.3) is 0 Å². The molecule has 1 unspecified atom stereocenters. The highest BCUT2D eigenvalue weighted by molar-refractivity contribution is 6.76. The molecule has 1 atom stereocenters. The first-order valence-electron chi connectivity index (χ1n) is 7.78. The lowest BCUT2D eigenvalue weighted by Gasteiger charge is -2.37. The van der Waals surface area contributed by atoms with Crippen molar-refractivity contribution in [3.05, 3.63) is 39.9 Å². The fraction of sp³-hybridized carbons (Fsp3) is 0.625. The third kappa shape index (κ3) is 4.90. The van der Waals surface area contributed by atoms with Crippen LogP contribution >= 0.6 is 0 Å². The van der Waals surface area contributed by atoms with Crippen molar-refractivity contribution in [1.29, 1.82) is 0 Å². The number of hydrogen-bond acceptors (Lipinski definition) is 4. The largest absolute Gasteiger partial charge is 0.377 e. The summed E-state index contributed by atoms with van der Waals surface area (Å²) >= 11 is 0. The number of nitrogens with zero attached hydrogens (tertiary/aromatic N) is 2. The third-order valence-corrected chi connectivity index (χ3v) is 9.70. The second-order valence-electron chi connectivity index (χ2n) is 6.38. The van der Waals surface area contributed by atoms with E-state index >= 15 is 0 Å². The molecule has 0 heterocycles. The summed E-state index contributed by atoms with van der Waals surface area (Å²) < 4.78 is 8.10. The number of hydrogen-bond donors (Lipinski definition) is 0. The van der Waals surface area contributed by atoms with Crippen molar-refractivity contribution in [2.75, 3.05) is 20.7 Å². The van der Waals surface area contributed by atoms with Crippen LogP contribution in [0.1, 0.15) is 25.3 Å². The predicted molar refractivity (Wildman–Crippen MR) is 92.6 cm³/mol. The average Bonchev–Trinajstić information content (AvgIpc) is 2.47. The normalized spacial score (nSPS) is 13.4. The van der Waals surface area contributed by atoms with Gasteiger partial charge in [-0.1, -0.05) is 38.6 Å². The second-order valence-corrected chi connectivity index (χ2v) is 11.4. The lowest BCUT2D eigenvalue weighted by molar-refractivity contribution is -0.385. The lowest BCUT2D eigenvalue weighted by atomic mass is 10.2. The molecule has 0 saturated heterocycles. The van der Waals surface area contributed by atoms with Gasteiger partial charge in [-0.3, -0.25) is 10.1 Å². The first-order valence-corrected chi connectivity index (χ1v) is 10.8. The molecule has 0 aliphatic heterocycles. The fourth-order valence-electron chi connectivity index (χ4n) is 2.64. The minimum atomic E-state index is -1.42. The van der Waals surface area contributed by atoms with E-state index in [2.05, 4.69) is 38.7 Å². The van der Waals surface area contributed by atoms with Gasteiger partial charge in [0.05, 0.1) is 17.1 Å². The Labute approximate surface area is 134 Å². The SMILES string of the molecule is CCC(CCOCc1ccccc1[N+](=O)[O-])[Si](C)(C)N(C)C. The van der Waals surface area contributed by atoms with E-state index in [1.54, 1.807) is 12.1 Å². The maximum absolute atomic E-state index is 11.0. The van der Waals surface area contributed by atoms with Gasteiger partial charge in [0.15, 0.2) is 0 Å². The van der Waals surface area contributed by atoms with Crippen molar-refractivity contribution < 1.29 is 9.66 Å². The van der Waals surface area contributed by atoms with Crippen molar-refractivity contribution in [2.24, 2.45) is 0 Å². The molecule has 0 N–H and O–H groups in total. The Hall–Kier alpha value is -1.24. The number of para-hydroxylation sites is 1. The molecule has 6 heteroatoms. The molecular weight excluding hydrogens is 296 g/mol. The van der Waals surface area contributed by atoms with Gasteiger partial charge in [-0.25, -0.2) is 0 Å². The van der Waals surface area contributed by atoms with Crippen molar-refractivity contribution in [3.8, 4) is 0 Å². The quantitative estimate of drug-likeness (QED) is 0.298. The van der Waals surface area contributed by atoms with Crippen LogP contribution in [-0.2, 0) is 11.3 Å². The molecule has 0 saturated carbocycles. The summed E-state index contributed by atoms with van der Waals surface area (Å²) in [5, 5.41) is 11.0. The van der Waals surface area contributed by atoms with E-state index in [1.807, 2.05) is 6.07 Å². The summed E-state index contributed by atoms with van der Waals surface area (Å²) in [6, 6.07) is 6.77. The minimum absolute atomic E-state index is 0.137. The van der Waals surface area contributed by atoms with Gasteiger partial charge in [-0.2, -0.15) is 0 Å². The van der Waals surface area contributed by atoms with Crippen molar-refractivity contribution in [1.82, 2.24) is 4.57 Å². The Kier molecular flexibility index (Phi) is 7.18. The number of nitro groups is 1. The van der Waals surface area contributed by atoms with Crippen molar-refractivity contribution >= 4 is 13.9 Å². The van der Waals surface area contributed by atoms with E-state index < -0.39 is 8.24 Å². The minimum Gasteiger partial charge on any atom is -0.377 e. The maximum Gasteiger partial charge on any atom is 0.274 e. The van der Waals surface area contributed by atoms with Crippen LogP contribution in [0.15, 0.2) is 24.3 Å². The second kappa shape index (κ2) is 8.41. The molecule has 0 aliphatic rings. The standard InChI is InChI=1S/C16H28N2O3Si/c1-6-15(22(4,5)17(2)3)11-12-21-13-14-9-7-8-10-16(14)18(19)20/h7-10,15H,6,11-13H2,1-5H3. The van der Waals surface area contributed by atoms with Gasteiger partial charge in [0.1, 0.15) is 8.24 Å². The number of ether oxygens (including phenoxy) is 1. The van der Waals surface area contributed by atoms with Gasteiger partial charge >= 0.3 is 0 Å².